The highest BCUT2D eigenvalue weighted by Crippen LogP contribution is 2.31. The Morgan fingerprint density at radius 2 is 1.59 bits per heavy atom. The third-order valence-corrected chi connectivity index (χ3v) is 5.34. The minimum Gasteiger partial charge on any atom is -0.497 e. The molecular weight excluding hydrogens is 388 g/mol. The number of anilines is 1. The minimum atomic E-state index is -0.0817. The first kappa shape index (κ1) is 20.7. The second kappa shape index (κ2) is 9.43. The van der Waals surface area contributed by atoms with Gasteiger partial charge in [-0.25, -0.2) is 4.98 Å². The fraction of sp³-hybridized carbons (Fsp3) is 0.273. The number of ether oxygens (including phenoxy) is 3. The first-order valence-corrected chi connectivity index (χ1v) is 9.97. The lowest BCUT2D eigenvalue weighted by Crippen LogP contribution is -2.12. The lowest BCUT2D eigenvalue weighted by Gasteiger charge is -2.08. The van der Waals surface area contributed by atoms with Crippen molar-refractivity contribution < 1.29 is 19.0 Å². The number of methoxy groups -OCH3 is 3. The number of aromatic nitrogens is 1. The summed E-state index contributed by atoms with van der Waals surface area (Å²) in [7, 11) is 4.85. The Balaban J connectivity index is 1.64. The molecule has 0 bridgehead atoms. The zero-order valence-electron chi connectivity index (χ0n) is 16.9. The second-order valence-electron chi connectivity index (χ2n) is 6.42. The summed E-state index contributed by atoms with van der Waals surface area (Å²) in [5, 5.41) is 3.50. The van der Waals surface area contributed by atoms with Gasteiger partial charge in [0.05, 0.1) is 27.0 Å². The van der Waals surface area contributed by atoms with Crippen LogP contribution in [0.3, 0.4) is 0 Å². The standard InChI is InChI=1S/C22H24N2O4S/c1-14-21(16-6-8-17(26-2)9-7-16)24-22(29-14)23-20(25)10-5-15-11-18(27-3)13-19(12-15)28-4/h6-9,11-13H,5,10H2,1-4H3,(H,23,24,25). The van der Waals surface area contributed by atoms with Crippen LogP contribution in [0.2, 0.25) is 0 Å². The van der Waals surface area contributed by atoms with Crippen molar-refractivity contribution >= 4 is 22.4 Å². The summed E-state index contributed by atoms with van der Waals surface area (Å²) in [6.07, 6.45) is 0.919. The van der Waals surface area contributed by atoms with Gasteiger partial charge in [0.15, 0.2) is 5.13 Å². The average Bonchev–Trinajstić information content (AvgIpc) is 3.11. The average molecular weight is 413 g/mol. The van der Waals surface area contributed by atoms with Gasteiger partial charge in [-0.1, -0.05) is 0 Å². The summed E-state index contributed by atoms with van der Waals surface area (Å²) >= 11 is 1.47. The fourth-order valence-electron chi connectivity index (χ4n) is 2.92. The van der Waals surface area contributed by atoms with Crippen molar-refractivity contribution in [1.82, 2.24) is 4.98 Å². The van der Waals surface area contributed by atoms with Gasteiger partial charge in [-0.3, -0.25) is 4.79 Å². The molecule has 0 aliphatic rings. The molecule has 2 aromatic carbocycles. The number of nitrogens with zero attached hydrogens (tertiary/aromatic N) is 1. The molecular formula is C22H24N2O4S. The number of nitrogens with one attached hydrogen (secondary N) is 1. The Labute approximate surface area is 174 Å². The van der Waals surface area contributed by atoms with E-state index in [1.54, 1.807) is 21.3 Å². The molecule has 0 spiro atoms. The van der Waals surface area contributed by atoms with Gasteiger partial charge < -0.3 is 19.5 Å². The minimum absolute atomic E-state index is 0.0817. The molecule has 0 atom stereocenters. The number of aryl methyl sites for hydroxylation is 2. The molecule has 7 heteroatoms. The van der Waals surface area contributed by atoms with E-state index in [4.69, 9.17) is 14.2 Å². The maximum atomic E-state index is 12.4. The number of amides is 1. The van der Waals surface area contributed by atoms with Crippen molar-refractivity contribution in [2.45, 2.75) is 19.8 Å². The highest BCUT2D eigenvalue weighted by atomic mass is 32.1. The number of carbonyl (C=O) groups excluding carboxylic acids is 1. The van der Waals surface area contributed by atoms with Crippen LogP contribution in [0.1, 0.15) is 16.9 Å². The number of rotatable bonds is 8. The predicted octanol–water partition coefficient (Wildman–Crippen LogP) is 4.72. The van der Waals surface area contributed by atoms with E-state index in [0.29, 0.717) is 29.5 Å². The SMILES string of the molecule is COc1ccc(-c2nc(NC(=O)CCc3cc(OC)cc(OC)c3)sc2C)cc1. The van der Waals surface area contributed by atoms with E-state index in [-0.39, 0.29) is 5.91 Å². The molecule has 1 aromatic heterocycles. The quantitative estimate of drug-likeness (QED) is 0.580. The van der Waals surface area contributed by atoms with E-state index >= 15 is 0 Å². The normalized spacial score (nSPS) is 10.5. The van der Waals surface area contributed by atoms with Crippen molar-refractivity contribution in [1.29, 1.82) is 0 Å². The van der Waals surface area contributed by atoms with Gasteiger partial charge in [0.2, 0.25) is 5.91 Å². The van der Waals surface area contributed by atoms with Crippen LogP contribution in [0.15, 0.2) is 42.5 Å². The monoisotopic (exact) mass is 412 g/mol. The van der Waals surface area contributed by atoms with Crippen LogP contribution in [-0.2, 0) is 11.2 Å². The third kappa shape index (κ3) is 5.26. The number of hydrogen-bond donors (Lipinski definition) is 1. The van der Waals surface area contributed by atoms with Crippen LogP contribution < -0.4 is 19.5 Å². The molecule has 1 amide bonds. The Kier molecular flexibility index (Phi) is 6.72. The lowest BCUT2D eigenvalue weighted by molar-refractivity contribution is -0.116. The smallest absolute Gasteiger partial charge is 0.226 e. The number of benzene rings is 2. The first-order valence-electron chi connectivity index (χ1n) is 9.16. The third-order valence-electron chi connectivity index (χ3n) is 4.46. The molecule has 3 rings (SSSR count). The molecule has 152 valence electrons. The highest BCUT2D eigenvalue weighted by Gasteiger charge is 2.13. The van der Waals surface area contributed by atoms with Crippen LogP contribution in [0.5, 0.6) is 17.2 Å². The lowest BCUT2D eigenvalue weighted by atomic mass is 10.1. The molecule has 0 aliphatic carbocycles. The van der Waals surface area contributed by atoms with Crippen molar-refractivity contribution in [2.75, 3.05) is 26.6 Å². The van der Waals surface area contributed by atoms with Crippen molar-refractivity contribution in [3.05, 3.63) is 52.9 Å². The zero-order chi connectivity index (χ0) is 20.8. The zero-order valence-corrected chi connectivity index (χ0v) is 17.8. The molecule has 0 saturated carbocycles. The molecule has 0 aliphatic heterocycles. The molecule has 0 fully saturated rings. The van der Waals surface area contributed by atoms with E-state index in [0.717, 1.165) is 27.4 Å². The van der Waals surface area contributed by atoms with Gasteiger partial charge in [-0.15, -0.1) is 11.3 Å². The Bertz CT molecular complexity index is 961. The Hall–Kier alpha value is -3.06. The Morgan fingerprint density at radius 1 is 0.966 bits per heavy atom. The molecule has 6 nitrogen and oxygen atoms in total. The van der Waals surface area contributed by atoms with Gasteiger partial charge >= 0.3 is 0 Å². The summed E-state index contributed by atoms with van der Waals surface area (Å²) in [6, 6.07) is 13.3. The van der Waals surface area contributed by atoms with E-state index in [9.17, 15) is 4.79 Å². The molecule has 0 unspecified atom stereocenters. The highest BCUT2D eigenvalue weighted by molar-refractivity contribution is 7.16. The predicted molar refractivity (Wildman–Crippen MR) is 115 cm³/mol. The maximum absolute atomic E-state index is 12.4. The van der Waals surface area contributed by atoms with E-state index < -0.39 is 0 Å². The molecule has 29 heavy (non-hydrogen) atoms. The number of carbonyl (C=O) groups is 1. The largest absolute Gasteiger partial charge is 0.497 e. The van der Waals surface area contributed by atoms with Crippen molar-refractivity contribution in [3.8, 4) is 28.5 Å². The Morgan fingerprint density at radius 3 is 2.17 bits per heavy atom. The van der Waals surface area contributed by atoms with Crippen LogP contribution in [0, 0.1) is 6.92 Å². The van der Waals surface area contributed by atoms with Crippen molar-refractivity contribution in [2.24, 2.45) is 0 Å². The summed E-state index contributed by atoms with van der Waals surface area (Å²) in [5.74, 6) is 2.13. The maximum Gasteiger partial charge on any atom is 0.226 e. The van der Waals surface area contributed by atoms with Crippen LogP contribution in [-0.4, -0.2) is 32.2 Å². The van der Waals surface area contributed by atoms with Gasteiger partial charge in [-0.05, 0) is 55.3 Å². The summed E-state index contributed by atoms with van der Waals surface area (Å²) in [6.45, 7) is 2.00. The van der Waals surface area contributed by atoms with E-state index in [2.05, 4.69) is 10.3 Å². The van der Waals surface area contributed by atoms with E-state index in [1.165, 1.54) is 11.3 Å². The van der Waals surface area contributed by atoms with Crippen molar-refractivity contribution in [3.63, 3.8) is 0 Å². The number of hydrogen-bond acceptors (Lipinski definition) is 6. The van der Waals surface area contributed by atoms with Crippen LogP contribution >= 0.6 is 11.3 Å². The molecule has 0 radical (unpaired) electrons. The number of thiazole rings is 1. The fourth-order valence-corrected chi connectivity index (χ4v) is 3.77. The molecule has 1 N–H and O–H groups in total. The van der Waals surface area contributed by atoms with Gasteiger partial charge in [0, 0.05) is 22.9 Å². The molecule has 0 saturated heterocycles. The van der Waals surface area contributed by atoms with Crippen LogP contribution in [0.4, 0.5) is 5.13 Å². The second-order valence-corrected chi connectivity index (χ2v) is 7.62. The summed E-state index contributed by atoms with van der Waals surface area (Å²) < 4.78 is 15.7. The van der Waals surface area contributed by atoms with Crippen LogP contribution in [0.25, 0.3) is 11.3 Å². The topological polar surface area (TPSA) is 69.7 Å². The summed E-state index contributed by atoms with van der Waals surface area (Å²) in [4.78, 5) is 18.0. The van der Waals surface area contributed by atoms with Gasteiger partial charge in [-0.2, -0.15) is 0 Å². The van der Waals surface area contributed by atoms with E-state index in [1.807, 2.05) is 49.4 Å². The molecule has 3 aromatic rings. The molecule has 1 heterocycles. The first-order chi connectivity index (χ1) is 14.0. The van der Waals surface area contributed by atoms with Gasteiger partial charge in [0.25, 0.3) is 0 Å². The van der Waals surface area contributed by atoms with Gasteiger partial charge in [0.1, 0.15) is 17.2 Å². The summed E-state index contributed by atoms with van der Waals surface area (Å²) in [5.41, 5.74) is 2.83.